The summed E-state index contributed by atoms with van der Waals surface area (Å²) in [5.74, 6) is 20.8. The van der Waals surface area contributed by atoms with Crippen molar-refractivity contribution in [1.82, 2.24) is 0 Å². The van der Waals surface area contributed by atoms with E-state index >= 15 is 0 Å². The number of methoxy groups -OCH3 is 1. The van der Waals surface area contributed by atoms with E-state index in [0.717, 1.165) is 87.8 Å². The highest BCUT2D eigenvalue weighted by Crippen LogP contribution is 2.46. The number of benzene rings is 9. The molecule has 0 spiro atoms. The third-order valence-electron chi connectivity index (χ3n) is 28.5. The summed E-state index contributed by atoms with van der Waals surface area (Å²) < 4.78 is 55.7. The Morgan fingerprint density at radius 1 is 0.419 bits per heavy atom. The number of carbonyl (C=O) groups is 2. The quantitative estimate of drug-likeness (QED) is 0.0300. The predicted molar refractivity (Wildman–Crippen MR) is 532 cm³/mol. The topological polar surface area (TPSA) is 114 Å². The molecule has 10 aliphatic rings. The molecular weight excluding hydrogens is 1650 g/mol. The van der Waals surface area contributed by atoms with Gasteiger partial charge in [0.25, 0.3) is 0 Å². The highest BCUT2D eigenvalue weighted by Gasteiger charge is 2.42. The highest BCUT2D eigenvalue weighted by molar-refractivity contribution is 7.98. The lowest BCUT2D eigenvalue weighted by atomic mass is 9.85. The zero-order chi connectivity index (χ0) is 85.7. The van der Waals surface area contributed by atoms with Gasteiger partial charge in [-0.15, -0.1) is 0 Å². The van der Waals surface area contributed by atoms with Crippen LogP contribution in [-0.2, 0) is 75.5 Å². The minimum absolute atomic E-state index is 0.135. The first-order valence-corrected chi connectivity index (χ1v) is 58.3. The Labute approximate surface area is 759 Å². The second kappa shape index (κ2) is 46.0. The van der Waals surface area contributed by atoms with Crippen molar-refractivity contribution in [2.75, 3.05) is 84.1 Å². The maximum atomic E-state index is 12.6. The molecule has 666 valence electrons. The summed E-state index contributed by atoms with van der Waals surface area (Å²) in [5.41, 5.74) is 4.41. The second-order valence-corrected chi connectivity index (χ2v) is 50.9. The number of rotatable bonds is 21. The molecule has 10 fully saturated rings. The Bertz CT molecular complexity index is 5050. The lowest BCUT2D eigenvalue weighted by molar-refractivity contribution is 0.0594. The van der Waals surface area contributed by atoms with Gasteiger partial charge in [-0.05, 0) is 238 Å². The van der Waals surface area contributed by atoms with Crippen LogP contribution in [0.25, 0.3) is 43.1 Å². The molecule has 5 heterocycles. The van der Waals surface area contributed by atoms with Gasteiger partial charge in [0, 0.05) is 122 Å². The van der Waals surface area contributed by atoms with Crippen molar-refractivity contribution in [3.63, 3.8) is 0 Å². The number of carbonyl (C=O) groups excluding carboxylic acids is 2. The smallest absolute Gasteiger partial charge is 0.341 e. The molecular formula is C109H145O9S6+5. The molecule has 0 amide bonds. The molecule has 0 N–H and O–H groups in total. The molecule has 5 aliphatic heterocycles. The Morgan fingerprint density at radius 3 is 1.52 bits per heavy atom. The van der Waals surface area contributed by atoms with Crippen LogP contribution in [0.3, 0.4) is 0 Å². The number of ether oxygens (including phenoxy) is 5. The van der Waals surface area contributed by atoms with Gasteiger partial charge in [-0.2, -0.15) is 0 Å². The normalized spacial score (nSPS) is 21.4. The van der Waals surface area contributed by atoms with Crippen molar-refractivity contribution in [1.29, 1.82) is 0 Å². The van der Waals surface area contributed by atoms with E-state index in [9.17, 15) is 18.0 Å². The fourth-order valence-electron chi connectivity index (χ4n) is 21.3. The van der Waals surface area contributed by atoms with Gasteiger partial charge in [-0.1, -0.05) is 189 Å². The minimum Gasteiger partial charge on any atom is -0.493 e. The van der Waals surface area contributed by atoms with E-state index < -0.39 is 9.84 Å². The van der Waals surface area contributed by atoms with Gasteiger partial charge in [0.2, 0.25) is 4.90 Å². The van der Waals surface area contributed by atoms with Crippen LogP contribution in [0.4, 0.5) is 0 Å². The SMILES string of the molecule is CC(=O)c1ccc2c([S+]3CCCC3)c(OC3CCCCCC3)ccc2c1.COC(=O)c1cc([S+]2CCCC2)c2ccccc2c1OCC1CCCCC1.CS(=O)(=O)c1cccc2c(OC3CCCCC3)ccc([S+]3CCCC3)c12.Cc1cc(OCCC2CCCCC2)c2ccccc2c1[S+]1CC(C)C(C)C1.c1cc([S+]2CCCC2)ccc1CC1CCCCC1. The van der Waals surface area contributed by atoms with E-state index in [0.29, 0.717) is 50.9 Å². The summed E-state index contributed by atoms with van der Waals surface area (Å²) in [7, 11) is -0.172. The summed E-state index contributed by atoms with van der Waals surface area (Å²) in [4.78, 5) is 32.0. The largest absolute Gasteiger partial charge is 0.493 e. The molecule has 9 aromatic carbocycles. The molecule has 0 aromatic heterocycles. The third kappa shape index (κ3) is 24.4. The van der Waals surface area contributed by atoms with Crippen LogP contribution in [0, 0.1) is 36.5 Å². The monoisotopic (exact) mass is 1790 g/mol. The van der Waals surface area contributed by atoms with Gasteiger partial charge >= 0.3 is 5.97 Å². The van der Waals surface area contributed by atoms with Gasteiger partial charge in [0.1, 0.15) is 80.3 Å². The van der Waals surface area contributed by atoms with Gasteiger partial charge in [0.05, 0.1) is 42.8 Å². The summed E-state index contributed by atoms with van der Waals surface area (Å²) >= 11 is 0. The lowest BCUT2D eigenvalue weighted by Crippen LogP contribution is -2.20. The van der Waals surface area contributed by atoms with Crippen molar-refractivity contribution in [2.24, 2.45) is 29.6 Å². The van der Waals surface area contributed by atoms with E-state index in [-0.39, 0.29) is 50.5 Å². The average Bonchev–Trinajstić information content (AvgIpc) is 1.02. The van der Waals surface area contributed by atoms with Gasteiger partial charge in [-0.3, -0.25) is 4.79 Å². The van der Waals surface area contributed by atoms with Gasteiger partial charge in [0.15, 0.2) is 41.0 Å². The Kier molecular flexibility index (Phi) is 34.4. The van der Waals surface area contributed by atoms with Gasteiger partial charge in [-0.25, -0.2) is 13.2 Å². The summed E-state index contributed by atoms with van der Waals surface area (Å²) in [6, 6.07) is 51.8. The average molecular weight is 1790 g/mol. The molecule has 15 heteroatoms. The zero-order valence-corrected chi connectivity index (χ0v) is 80.9. The van der Waals surface area contributed by atoms with Crippen LogP contribution >= 0.6 is 0 Å². The fraction of sp³-hybridized carbons (Fsp3) is 0.560. The summed E-state index contributed by atoms with van der Waals surface area (Å²) in [6.07, 6.45) is 49.5. The van der Waals surface area contributed by atoms with Crippen LogP contribution in [0.1, 0.15) is 277 Å². The molecule has 2 atom stereocenters. The van der Waals surface area contributed by atoms with Crippen molar-refractivity contribution in [3.8, 4) is 23.0 Å². The second-order valence-electron chi connectivity index (χ2n) is 37.9. The molecule has 9 aromatic rings. The molecule has 19 rings (SSSR count). The molecule has 5 aliphatic carbocycles. The van der Waals surface area contributed by atoms with Crippen molar-refractivity contribution < 1.29 is 41.7 Å². The Morgan fingerprint density at radius 2 is 0.927 bits per heavy atom. The molecule has 124 heavy (non-hydrogen) atoms. The van der Waals surface area contributed by atoms with Crippen molar-refractivity contribution in [2.45, 2.75) is 300 Å². The number of esters is 1. The highest BCUT2D eigenvalue weighted by atomic mass is 32.2. The zero-order valence-electron chi connectivity index (χ0n) is 76.0. The van der Waals surface area contributed by atoms with Crippen LogP contribution in [-0.4, -0.2) is 116 Å². The molecule has 0 bridgehead atoms. The number of hydrogen-bond acceptors (Lipinski definition) is 9. The van der Waals surface area contributed by atoms with E-state index in [1.807, 2.05) is 24.3 Å². The van der Waals surface area contributed by atoms with Crippen molar-refractivity contribution in [3.05, 3.63) is 168 Å². The first-order chi connectivity index (χ1) is 60.6. The number of sulfone groups is 1. The number of fused-ring (bicyclic) bond motifs is 4. The molecule has 5 saturated heterocycles. The van der Waals surface area contributed by atoms with Crippen LogP contribution in [0.5, 0.6) is 23.0 Å². The number of aryl methyl sites for hydroxylation is 1. The molecule has 5 saturated carbocycles. The molecule has 0 radical (unpaired) electrons. The molecule has 9 nitrogen and oxygen atoms in total. The number of hydrogen-bond donors (Lipinski definition) is 0. The van der Waals surface area contributed by atoms with Crippen LogP contribution in [0.2, 0.25) is 0 Å². The van der Waals surface area contributed by atoms with E-state index in [1.54, 1.807) is 28.3 Å². The minimum atomic E-state index is -3.28. The predicted octanol–water partition coefficient (Wildman–Crippen LogP) is 27.3. The maximum Gasteiger partial charge on any atom is 0.341 e. The van der Waals surface area contributed by atoms with E-state index in [4.69, 9.17) is 23.7 Å². The first kappa shape index (κ1) is 92.8. The van der Waals surface area contributed by atoms with E-state index in [2.05, 4.69) is 136 Å². The number of ketones is 1. The maximum absolute atomic E-state index is 12.6. The Hall–Kier alpha value is -5.94. The van der Waals surface area contributed by atoms with Crippen LogP contribution in [0.15, 0.2) is 175 Å². The van der Waals surface area contributed by atoms with Crippen molar-refractivity contribution >= 4 is 119 Å². The lowest BCUT2D eigenvalue weighted by Gasteiger charge is -2.24. The first-order valence-electron chi connectivity index (χ1n) is 48.6. The van der Waals surface area contributed by atoms with Crippen LogP contribution < -0.4 is 18.9 Å². The van der Waals surface area contributed by atoms with Gasteiger partial charge < -0.3 is 23.7 Å². The third-order valence-corrected chi connectivity index (χ3v) is 42.8. The summed E-state index contributed by atoms with van der Waals surface area (Å²) in [5, 5.41) is 9.42. The summed E-state index contributed by atoms with van der Waals surface area (Å²) in [6.45, 7) is 10.4. The molecule has 2 unspecified atom stereocenters. The van der Waals surface area contributed by atoms with E-state index in [1.165, 1.54) is 336 Å². The number of Topliss-reactive ketones (excluding diaryl/α,β-unsaturated/α-hetero) is 1. The standard InChI is InChI=1S/C25H35OS.C23H29O3S.C23H29O2S.C21H27O3S2.C17H25S/c1-18-15-24(26-14-13-21-9-5-4-6-10-21)22-11-7-8-12-23(22)25(18)27-16-19(2)20(3)17-27;1-25-23(24)20-15-21(27-13-7-8-14-27)18-11-5-6-12-19(18)22(20)26-16-17-9-3-2-4-10-17;1-17(24)18-10-12-21-19(16-18)11-13-22(23(21)26-14-6-7-15-26)25-20-8-4-2-3-5-9-20;1-26(22,23)20-11-7-10-17-18(24-16-8-3-2-4-9-16)12-13-19(21(17)20)25-14-5-6-15-25;1-2-6-15(7-3-1)14-16-8-10-17(11-9-16)18-12-4-5-13-18/h7-8,11-12,15,19-21H,4-6,9-10,13-14,16-17H2,1-3H3;5-6,11-12,15,17H,2-4,7-10,13-14,16H2,1H3;10-13,16,20H,2-9,14-15H2,1H3;7,10-13,16H,2-6,8-9,14-15H2,1H3;8-11,15H,1-7,12-14H2/q5*+1. The fourth-order valence-corrected chi connectivity index (χ4v) is 35.6. The Balaban J connectivity index is 0.000000121.